The third-order valence-electron chi connectivity index (χ3n) is 5.48. The average Bonchev–Trinajstić information content (AvgIpc) is 2.99. The van der Waals surface area contributed by atoms with E-state index in [-0.39, 0.29) is 0 Å². The molecule has 0 saturated carbocycles. The quantitative estimate of drug-likeness (QED) is 0.211. The minimum atomic E-state index is 0.617. The molecule has 4 aliphatic heterocycles. The van der Waals surface area contributed by atoms with Crippen LogP contribution >= 0.6 is 144 Å². The van der Waals surface area contributed by atoms with Crippen LogP contribution in [0.3, 0.4) is 0 Å². The molecule has 4 heterocycles. The van der Waals surface area contributed by atoms with Crippen LogP contribution in [0.25, 0.3) is 0 Å². The summed E-state index contributed by atoms with van der Waals surface area (Å²) in [6, 6.07) is 0. The van der Waals surface area contributed by atoms with Gasteiger partial charge in [-0.3, -0.25) is 0 Å². The summed E-state index contributed by atoms with van der Waals surface area (Å²) in [6.07, 6.45) is 0. The van der Waals surface area contributed by atoms with E-state index in [1.807, 2.05) is 47.0 Å². The second-order valence-corrected chi connectivity index (χ2v) is 19.4. The molecule has 0 aromatic carbocycles. The molecule has 4 aliphatic rings. The summed E-state index contributed by atoms with van der Waals surface area (Å²) in [4.78, 5) is 0. The van der Waals surface area contributed by atoms with Gasteiger partial charge in [-0.25, -0.2) is 27.3 Å². The zero-order chi connectivity index (χ0) is 29.8. The Bertz CT molecular complexity index is 699. The molecule has 42 heavy (non-hydrogen) atoms. The Labute approximate surface area is 305 Å². The maximum absolute atomic E-state index is 5.40. The highest BCUT2D eigenvalue weighted by atomic mass is 32.3. The second-order valence-electron chi connectivity index (χ2n) is 8.46. The minimum absolute atomic E-state index is 0.617. The Morgan fingerprint density at radius 2 is 0.595 bits per heavy atom. The van der Waals surface area contributed by atoms with Crippen molar-refractivity contribution in [2.45, 2.75) is 0 Å². The van der Waals surface area contributed by atoms with Gasteiger partial charge in [0.2, 0.25) is 0 Å². The first-order chi connectivity index (χ1) is 20.5. The summed E-state index contributed by atoms with van der Waals surface area (Å²) in [5.41, 5.74) is 12.7. The van der Waals surface area contributed by atoms with Crippen LogP contribution in [0.15, 0.2) is 0 Å². The van der Waals surface area contributed by atoms with Crippen LogP contribution in [0.2, 0.25) is 0 Å². The number of hydrogen-bond donors (Lipinski definition) is 4. The molecule has 0 atom stereocenters. The van der Waals surface area contributed by atoms with Crippen molar-refractivity contribution in [1.29, 1.82) is 0 Å². The first kappa shape index (κ1) is 38.6. The van der Waals surface area contributed by atoms with E-state index in [2.05, 4.69) is 41.7 Å². The van der Waals surface area contributed by atoms with Crippen LogP contribution in [0.5, 0.6) is 0 Å². The van der Waals surface area contributed by atoms with E-state index in [1.165, 1.54) is 0 Å². The zero-order valence-corrected chi connectivity index (χ0v) is 32.6. The molecule has 0 aromatic heterocycles. The molecule has 0 bridgehead atoms. The molecule has 0 aromatic rings. The molecule has 4 fully saturated rings. The number of hydrazine groups is 4. The van der Waals surface area contributed by atoms with Gasteiger partial charge in [-0.15, -0.1) is 0 Å². The van der Waals surface area contributed by atoms with Crippen molar-refractivity contribution in [2.24, 2.45) is 0 Å². The Balaban J connectivity index is 0.000000230. The van der Waals surface area contributed by atoms with E-state index < -0.39 is 0 Å². The van der Waals surface area contributed by atoms with Crippen molar-refractivity contribution in [3.05, 3.63) is 0 Å². The molecular formula is C20H36N8O2S12. The van der Waals surface area contributed by atoms with Gasteiger partial charge in [0, 0.05) is 98.4 Å². The van der Waals surface area contributed by atoms with Crippen molar-refractivity contribution in [3.63, 3.8) is 0 Å². The molecule has 0 spiro atoms. The fourth-order valence-electron chi connectivity index (χ4n) is 3.45. The van der Waals surface area contributed by atoms with Gasteiger partial charge in [-0.05, 0) is 48.9 Å². The van der Waals surface area contributed by atoms with Gasteiger partial charge in [0.05, 0.1) is 48.2 Å². The predicted molar refractivity (Wildman–Crippen MR) is 211 cm³/mol. The van der Waals surface area contributed by atoms with Crippen molar-refractivity contribution in [3.8, 4) is 0 Å². The Morgan fingerprint density at radius 1 is 0.405 bits per heavy atom. The third kappa shape index (κ3) is 18.5. The van der Waals surface area contributed by atoms with Gasteiger partial charge in [0.15, 0.2) is 17.3 Å². The summed E-state index contributed by atoms with van der Waals surface area (Å²) in [6.45, 7) is 8.04. The van der Waals surface area contributed by atoms with Crippen LogP contribution in [-0.4, -0.2) is 136 Å². The molecule has 0 aliphatic carbocycles. The molecule has 0 unspecified atom stereocenters. The highest BCUT2D eigenvalue weighted by Gasteiger charge is 2.16. The van der Waals surface area contributed by atoms with E-state index in [4.69, 9.17) is 56.1 Å². The first-order valence-corrected chi connectivity index (χ1v) is 22.3. The molecular weight excluding hydrogens is 769 g/mol. The number of nitrogens with zero attached hydrogens (tertiary/aromatic N) is 4. The van der Waals surface area contributed by atoms with Gasteiger partial charge in [0.1, 0.15) is 0 Å². The first-order valence-electron chi connectivity index (χ1n) is 13.0. The summed E-state index contributed by atoms with van der Waals surface area (Å²) in [5, 5.41) is 8.51. The molecule has 0 amide bonds. The lowest BCUT2D eigenvalue weighted by Gasteiger charge is -2.27. The minimum Gasteiger partial charge on any atom is -0.302 e. The number of rotatable bonds is 8. The molecule has 4 saturated heterocycles. The highest BCUT2D eigenvalue weighted by Crippen LogP contribution is 2.19. The van der Waals surface area contributed by atoms with Gasteiger partial charge < -0.3 is 21.7 Å². The summed E-state index contributed by atoms with van der Waals surface area (Å²) in [5.74, 6) is 9.10. The van der Waals surface area contributed by atoms with Crippen LogP contribution in [0.4, 0.5) is 0 Å². The molecule has 240 valence electrons. The van der Waals surface area contributed by atoms with Crippen molar-refractivity contribution in [1.82, 2.24) is 41.7 Å². The highest BCUT2D eigenvalue weighted by molar-refractivity contribution is 8.30. The normalized spacial score (nSPS) is 21.0. The van der Waals surface area contributed by atoms with Crippen LogP contribution < -0.4 is 21.7 Å². The zero-order valence-electron chi connectivity index (χ0n) is 22.8. The van der Waals surface area contributed by atoms with E-state index in [0.29, 0.717) is 17.3 Å². The maximum Gasteiger partial charge on any atom is 0.176 e. The third-order valence-corrected chi connectivity index (χ3v) is 12.5. The van der Waals surface area contributed by atoms with E-state index >= 15 is 0 Å². The van der Waals surface area contributed by atoms with E-state index in [1.54, 1.807) is 0 Å². The summed E-state index contributed by atoms with van der Waals surface area (Å²) < 4.78 is 13.3. The average molecular weight is 805 g/mol. The van der Waals surface area contributed by atoms with Crippen molar-refractivity contribution >= 4 is 161 Å². The molecule has 0 radical (unpaired) electrons. The SMILES string of the molecule is S=C(NN1CCSCC1)SOSC(=S)NN1CCSCC1.S=C(NN1CCSCC1)SOSC(=S)NN1CCSCC1. The summed E-state index contributed by atoms with van der Waals surface area (Å²) >= 11 is 33.4. The monoisotopic (exact) mass is 804 g/mol. The smallest absolute Gasteiger partial charge is 0.176 e. The lowest BCUT2D eigenvalue weighted by molar-refractivity contribution is 0.265. The predicted octanol–water partition coefficient (Wildman–Crippen LogP) is 3.95. The summed E-state index contributed by atoms with van der Waals surface area (Å²) in [7, 11) is 0. The molecule has 4 N–H and O–H groups in total. The van der Waals surface area contributed by atoms with Gasteiger partial charge in [0.25, 0.3) is 0 Å². The Kier molecular flexibility index (Phi) is 22.3. The van der Waals surface area contributed by atoms with Crippen LogP contribution in [-0.2, 0) is 7.26 Å². The Morgan fingerprint density at radius 3 is 0.786 bits per heavy atom. The lowest BCUT2D eigenvalue weighted by Crippen LogP contribution is -2.45. The molecule has 4 rings (SSSR count). The molecule has 10 nitrogen and oxygen atoms in total. The topological polar surface area (TPSA) is 79.5 Å². The number of thiocarbonyl (C=S) groups is 4. The van der Waals surface area contributed by atoms with E-state index in [9.17, 15) is 0 Å². The Hall–Kier alpha value is 2.12. The number of nitrogens with one attached hydrogen (secondary N) is 4. The van der Waals surface area contributed by atoms with Crippen LogP contribution in [0.1, 0.15) is 0 Å². The van der Waals surface area contributed by atoms with Gasteiger partial charge >= 0.3 is 0 Å². The van der Waals surface area contributed by atoms with Gasteiger partial charge in [-0.2, -0.15) is 47.0 Å². The van der Waals surface area contributed by atoms with Crippen LogP contribution in [0, 0.1) is 0 Å². The largest absolute Gasteiger partial charge is 0.302 e. The second kappa shape index (κ2) is 24.3. The maximum atomic E-state index is 5.40. The van der Waals surface area contributed by atoms with E-state index in [0.717, 1.165) is 147 Å². The van der Waals surface area contributed by atoms with Crippen molar-refractivity contribution in [2.75, 3.05) is 98.4 Å². The molecule has 22 heteroatoms. The fourth-order valence-corrected chi connectivity index (χ4v) is 10.5. The standard InChI is InChI=1S/2C10H18N4OS6/c2*16-9(11-13-1-5-18-6-2-13)20-15-21-10(17)12-14-3-7-19-8-4-14/h2*1-8H2,(H,11,16)(H,12,17). The fraction of sp³-hybridized carbons (Fsp3) is 0.800. The number of hydrogen-bond acceptors (Lipinski definition) is 18. The lowest BCUT2D eigenvalue weighted by atomic mass is 10.6. The van der Waals surface area contributed by atoms with Gasteiger partial charge in [-0.1, -0.05) is 0 Å². The van der Waals surface area contributed by atoms with Crippen molar-refractivity contribution < 1.29 is 7.26 Å². The number of thioether (sulfide) groups is 4.